The van der Waals surface area contributed by atoms with Crippen molar-refractivity contribution >= 4 is 35.0 Å². The van der Waals surface area contributed by atoms with E-state index in [4.69, 9.17) is 0 Å². The zero-order chi connectivity index (χ0) is 19.7. The highest BCUT2D eigenvalue weighted by atomic mass is 32.2. The summed E-state index contributed by atoms with van der Waals surface area (Å²) in [7, 11) is 0. The molecule has 1 aliphatic heterocycles. The summed E-state index contributed by atoms with van der Waals surface area (Å²) in [6.45, 7) is 3.95. The lowest BCUT2D eigenvalue weighted by Gasteiger charge is -2.27. The van der Waals surface area contributed by atoms with Crippen molar-refractivity contribution in [1.82, 2.24) is 9.97 Å². The average Bonchev–Trinajstić information content (AvgIpc) is 2.82. The second-order valence-corrected chi connectivity index (χ2v) is 7.61. The Morgan fingerprint density at radius 2 is 1.89 bits per heavy atom. The van der Waals surface area contributed by atoms with Gasteiger partial charge in [0.05, 0.1) is 11.3 Å². The maximum Gasteiger partial charge on any atom is 0.274 e. The molecule has 0 bridgehead atoms. The molecule has 0 unspecified atom stereocenters. The minimum Gasteiger partial charge on any atom is -0.321 e. The number of nitrogens with zero attached hydrogens (tertiary/aromatic N) is 3. The van der Waals surface area contributed by atoms with E-state index in [-0.39, 0.29) is 17.9 Å². The minimum absolute atomic E-state index is 0.0213. The van der Waals surface area contributed by atoms with Crippen molar-refractivity contribution in [3.63, 3.8) is 0 Å². The first-order valence-corrected chi connectivity index (χ1v) is 9.69. The number of amides is 2. The number of aromatic nitrogens is 2. The second kappa shape index (κ2) is 7.44. The molecule has 0 aliphatic carbocycles. The molecule has 0 fully saturated rings. The quantitative estimate of drug-likeness (QED) is 0.724. The first kappa shape index (κ1) is 18.2. The minimum atomic E-state index is -0.283. The van der Waals surface area contributed by atoms with Crippen molar-refractivity contribution in [3.8, 4) is 0 Å². The van der Waals surface area contributed by atoms with Crippen LogP contribution < -0.4 is 10.2 Å². The molecule has 1 aromatic carbocycles. The van der Waals surface area contributed by atoms with Crippen molar-refractivity contribution < 1.29 is 9.59 Å². The molecule has 1 N–H and O–H groups in total. The van der Waals surface area contributed by atoms with E-state index in [9.17, 15) is 9.59 Å². The smallest absolute Gasteiger partial charge is 0.274 e. The summed E-state index contributed by atoms with van der Waals surface area (Å²) in [5.41, 5.74) is 2.36. The van der Waals surface area contributed by atoms with Crippen LogP contribution >= 0.6 is 11.8 Å². The zero-order valence-corrected chi connectivity index (χ0v) is 16.2. The summed E-state index contributed by atoms with van der Waals surface area (Å²) < 4.78 is 0. The molecule has 2 amide bonds. The Balaban J connectivity index is 1.73. The number of anilines is 2. The molecule has 140 valence electrons. The summed E-state index contributed by atoms with van der Waals surface area (Å²) in [6, 6.07) is 14.3. The van der Waals surface area contributed by atoms with Gasteiger partial charge in [-0.2, -0.15) is 0 Å². The van der Waals surface area contributed by atoms with E-state index in [1.54, 1.807) is 53.7 Å². The predicted molar refractivity (Wildman–Crippen MR) is 109 cm³/mol. The van der Waals surface area contributed by atoms with Crippen LogP contribution in [0.4, 0.5) is 11.4 Å². The van der Waals surface area contributed by atoms with Gasteiger partial charge >= 0.3 is 0 Å². The predicted octanol–water partition coefficient (Wildman–Crippen LogP) is 4.25. The first-order valence-electron chi connectivity index (χ1n) is 8.87. The van der Waals surface area contributed by atoms with Gasteiger partial charge in [-0.3, -0.25) is 14.6 Å². The van der Waals surface area contributed by atoms with Gasteiger partial charge < -0.3 is 10.2 Å². The van der Waals surface area contributed by atoms with Gasteiger partial charge in [0, 0.05) is 29.0 Å². The average molecular weight is 390 g/mol. The first-order chi connectivity index (χ1) is 13.5. The van der Waals surface area contributed by atoms with Crippen molar-refractivity contribution in [1.29, 1.82) is 0 Å². The molecular formula is C21H18N4O2S. The fraction of sp³-hybridized carbons (Fsp3) is 0.143. The molecule has 1 aliphatic rings. The van der Waals surface area contributed by atoms with E-state index in [1.807, 2.05) is 26.0 Å². The van der Waals surface area contributed by atoms with E-state index < -0.39 is 0 Å². The number of pyridine rings is 2. The molecule has 4 rings (SSSR count). The highest BCUT2D eigenvalue weighted by Crippen LogP contribution is 2.42. The van der Waals surface area contributed by atoms with Gasteiger partial charge in [0.2, 0.25) is 0 Å². The normalized spacial score (nSPS) is 13.0. The zero-order valence-electron chi connectivity index (χ0n) is 15.4. The SMILES string of the molecule is CC(C)N1C(=O)c2cccnc2Sc2cc(NC(=O)c3ccccn3)ccc21. The summed E-state index contributed by atoms with van der Waals surface area (Å²) in [5.74, 6) is -0.357. The van der Waals surface area contributed by atoms with E-state index >= 15 is 0 Å². The van der Waals surface area contributed by atoms with Crippen LogP contribution in [0.5, 0.6) is 0 Å². The molecular weight excluding hydrogens is 372 g/mol. The third-order valence-corrected chi connectivity index (χ3v) is 5.38. The number of carbonyl (C=O) groups excluding carboxylic acids is 2. The van der Waals surface area contributed by atoms with Crippen LogP contribution in [0, 0.1) is 0 Å². The summed E-state index contributed by atoms with van der Waals surface area (Å²) >= 11 is 1.42. The van der Waals surface area contributed by atoms with Gasteiger partial charge in [-0.25, -0.2) is 4.98 Å². The van der Waals surface area contributed by atoms with Crippen LogP contribution in [-0.4, -0.2) is 27.8 Å². The van der Waals surface area contributed by atoms with E-state index in [2.05, 4.69) is 15.3 Å². The third-order valence-electron chi connectivity index (χ3n) is 4.32. The monoisotopic (exact) mass is 390 g/mol. The Morgan fingerprint density at radius 3 is 2.64 bits per heavy atom. The topological polar surface area (TPSA) is 75.2 Å². The van der Waals surface area contributed by atoms with Crippen LogP contribution in [0.2, 0.25) is 0 Å². The lowest BCUT2D eigenvalue weighted by atomic mass is 10.1. The molecule has 3 aromatic rings. The Hall–Kier alpha value is -3.19. The Kier molecular flexibility index (Phi) is 4.83. The maximum atomic E-state index is 13.1. The number of hydrogen-bond acceptors (Lipinski definition) is 5. The number of fused-ring (bicyclic) bond motifs is 2. The number of hydrogen-bond donors (Lipinski definition) is 1. The van der Waals surface area contributed by atoms with Crippen molar-refractivity contribution in [2.75, 3.05) is 10.2 Å². The fourth-order valence-electron chi connectivity index (χ4n) is 3.06. The van der Waals surface area contributed by atoms with Crippen molar-refractivity contribution in [3.05, 3.63) is 72.2 Å². The molecule has 3 heterocycles. The summed E-state index contributed by atoms with van der Waals surface area (Å²) in [4.78, 5) is 36.6. The highest BCUT2D eigenvalue weighted by Gasteiger charge is 2.30. The van der Waals surface area contributed by atoms with Crippen LogP contribution in [0.25, 0.3) is 0 Å². The molecule has 28 heavy (non-hydrogen) atoms. The number of carbonyl (C=O) groups is 2. The molecule has 0 saturated heterocycles. The maximum absolute atomic E-state index is 13.1. The molecule has 0 radical (unpaired) electrons. The molecule has 2 aromatic heterocycles. The highest BCUT2D eigenvalue weighted by molar-refractivity contribution is 7.99. The number of nitrogens with one attached hydrogen (secondary N) is 1. The standard InChI is InChI=1S/C21H18N4O2S/c1-13(2)25-17-9-8-14(24-19(26)16-7-3-4-10-22-16)12-18(17)28-20-15(21(25)27)6-5-11-23-20/h3-13H,1-2H3,(H,24,26). The van der Waals surface area contributed by atoms with Gasteiger partial charge in [-0.05, 0) is 56.3 Å². The van der Waals surface area contributed by atoms with Crippen LogP contribution in [0.15, 0.2) is 70.8 Å². The Morgan fingerprint density at radius 1 is 1.07 bits per heavy atom. The van der Waals surface area contributed by atoms with Crippen LogP contribution in [0.1, 0.15) is 34.7 Å². The summed E-state index contributed by atoms with van der Waals surface area (Å²) in [6.07, 6.45) is 3.26. The van der Waals surface area contributed by atoms with Crippen molar-refractivity contribution in [2.45, 2.75) is 29.8 Å². The van der Waals surface area contributed by atoms with Crippen LogP contribution in [0.3, 0.4) is 0 Å². The van der Waals surface area contributed by atoms with Crippen LogP contribution in [-0.2, 0) is 0 Å². The number of benzene rings is 1. The molecule has 0 atom stereocenters. The Labute approximate surface area is 167 Å². The Bertz CT molecular complexity index is 1050. The fourth-order valence-corrected chi connectivity index (χ4v) is 4.10. The van der Waals surface area contributed by atoms with Gasteiger partial charge in [0.15, 0.2) is 0 Å². The molecule has 0 saturated carbocycles. The van der Waals surface area contributed by atoms with Gasteiger partial charge in [-0.1, -0.05) is 17.8 Å². The third kappa shape index (κ3) is 3.36. The van der Waals surface area contributed by atoms with Gasteiger partial charge in [-0.15, -0.1) is 0 Å². The molecule has 7 heteroatoms. The van der Waals surface area contributed by atoms with E-state index in [1.165, 1.54) is 11.8 Å². The van der Waals surface area contributed by atoms with E-state index in [0.29, 0.717) is 22.0 Å². The van der Waals surface area contributed by atoms with Gasteiger partial charge in [0.1, 0.15) is 10.7 Å². The lowest BCUT2D eigenvalue weighted by molar-refractivity contribution is 0.0975. The molecule has 6 nitrogen and oxygen atoms in total. The lowest BCUT2D eigenvalue weighted by Crippen LogP contribution is -2.37. The van der Waals surface area contributed by atoms with Crippen molar-refractivity contribution in [2.24, 2.45) is 0 Å². The largest absolute Gasteiger partial charge is 0.321 e. The van der Waals surface area contributed by atoms with E-state index in [0.717, 1.165) is 10.6 Å². The second-order valence-electron chi connectivity index (χ2n) is 6.58. The number of rotatable bonds is 3. The summed E-state index contributed by atoms with van der Waals surface area (Å²) in [5, 5.41) is 3.53. The molecule has 0 spiro atoms. The van der Waals surface area contributed by atoms with Gasteiger partial charge in [0.25, 0.3) is 11.8 Å².